The zero-order chi connectivity index (χ0) is 56.9. The van der Waals surface area contributed by atoms with Gasteiger partial charge in [-0.25, -0.2) is 4.57 Å². The molecule has 0 aliphatic rings. The number of aliphatic hydroxyl groups excluding tert-OH is 1. The van der Waals surface area contributed by atoms with Crippen molar-refractivity contribution in [3.05, 3.63) is 158 Å². The zero-order valence-corrected chi connectivity index (χ0v) is 49.2. The molecule has 0 amide bonds. The molecule has 0 radical (unpaired) electrons. The van der Waals surface area contributed by atoms with E-state index in [0.29, 0.717) is 25.7 Å². The molecular formula is C66H103O11P. The van der Waals surface area contributed by atoms with Crippen LogP contribution in [0, 0.1) is 0 Å². The van der Waals surface area contributed by atoms with E-state index >= 15 is 0 Å². The van der Waals surface area contributed by atoms with Gasteiger partial charge >= 0.3 is 25.7 Å². The van der Waals surface area contributed by atoms with Crippen LogP contribution in [0.3, 0.4) is 0 Å². The smallest absolute Gasteiger partial charge is 0.462 e. The number of aliphatic hydroxyl groups is 1. The number of carbonyl (C=O) groups is 3. The molecule has 0 spiro atoms. The second kappa shape index (κ2) is 58.3. The summed E-state index contributed by atoms with van der Waals surface area (Å²) in [6, 6.07) is 0. The first-order valence-electron chi connectivity index (χ1n) is 29.4. The first-order valence-corrected chi connectivity index (χ1v) is 30.9. The summed E-state index contributed by atoms with van der Waals surface area (Å²) in [6.45, 7) is 4.15. The third-order valence-electron chi connectivity index (χ3n) is 11.4. The van der Waals surface area contributed by atoms with Crippen molar-refractivity contribution in [3.63, 3.8) is 0 Å². The Morgan fingerprint density at radius 1 is 0.359 bits per heavy atom. The lowest BCUT2D eigenvalue weighted by atomic mass is 10.1. The Bertz CT molecular complexity index is 1910. The summed E-state index contributed by atoms with van der Waals surface area (Å²) in [7, 11) is -4.79. The van der Waals surface area contributed by atoms with Gasteiger partial charge in [-0.3, -0.25) is 23.4 Å². The van der Waals surface area contributed by atoms with Gasteiger partial charge in [0.25, 0.3) is 0 Å². The van der Waals surface area contributed by atoms with Gasteiger partial charge in [0.05, 0.1) is 19.8 Å². The normalized spacial score (nSPS) is 14.5. The van der Waals surface area contributed by atoms with E-state index in [1.54, 1.807) is 0 Å². The topological polar surface area (TPSA) is 155 Å². The second-order valence-electron chi connectivity index (χ2n) is 18.7. The lowest BCUT2D eigenvalue weighted by Gasteiger charge is -2.21. The fourth-order valence-electron chi connectivity index (χ4n) is 7.08. The predicted octanol–water partition coefficient (Wildman–Crippen LogP) is 17.7. The molecule has 0 saturated carbocycles. The van der Waals surface area contributed by atoms with Crippen molar-refractivity contribution in [2.24, 2.45) is 0 Å². The van der Waals surface area contributed by atoms with E-state index in [2.05, 4.69) is 167 Å². The van der Waals surface area contributed by atoms with Crippen molar-refractivity contribution < 1.29 is 52.2 Å². The summed E-state index contributed by atoms with van der Waals surface area (Å²) < 4.78 is 39.5. The highest BCUT2D eigenvalue weighted by atomic mass is 31.2. The van der Waals surface area contributed by atoms with Gasteiger partial charge in [0.2, 0.25) is 0 Å². The Balaban J connectivity index is 4.88. The number of phosphoric ester groups is 1. The van der Waals surface area contributed by atoms with Crippen molar-refractivity contribution in [3.8, 4) is 0 Å². The molecule has 0 aromatic heterocycles. The van der Waals surface area contributed by atoms with Crippen molar-refractivity contribution in [1.82, 2.24) is 0 Å². The lowest BCUT2D eigenvalue weighted by Crippen LogP contribution is -2.30. The Kier molecular flexibility index (Phi) is 54.6. The minimum atomic E-state index is -4.79. The van der Waals surface area contributed by atoms with Gasteiger partial charge in [0.15, 0.2) is 6.10 Å². The molecule has 0 rings (SSSR count). The highest BCUT2D eigenvalue weighted by molar-refractivity contribution is 7.47. The minimum absolute atomic E-state index is 0.0857. The molecule has 0 aromatic rings. The standard InChI is InChI=1S/C66H103O11P/c1-4-7-10-13-16-19-22-25-28-30-31-33-36-39-42-45-48-51-54-57-66(70)77-63(59-73-64(68)55-52-49-46-43-40-37-34-27-24-21-18-15-12-9-6-3)61-75-78(71,72)74-60-62(58-67)76-65(69)56-53-50-47-44-41-38-35-32-29-26-23-20-17-14-11-8-5-2/h7-12,16-21,25-29,31,33-35,38,40,43-44,47,62-63,67H,4-6,13-15,22-24,30,32,36-37,39,41-42,45-46,48-61H2,1-3H3,(H,71,72)/b10-7-,11-8-,12-9-,19-16-,20-17-,21-18-,28-25-,29-26-,33-31-,34-27-,38-35-,43-40-,47-44-. The highest BCUT2D eigenvalue weighted by Crippen LogP contribution is 2.43. The molecule has 78 heavy (non-hydrogen) atoms. The monoisotopic (exact) mass is 1100 g/mol. The predicted molar refractivity (Wildman–Crippen MR) is 325 cm³/mol. The van der Waals surface area contributed by atoms with Gasteiger partial charge in [-0.05, 0) is 135 Å². The Labute approximate surface area is 473 Å². The number of rotatable bonds is 52. The molecule has 3 atom stereocenters. The van der Waals surface area contributed by atoms with E-state index < -0.39 is 57.8 Å². The van der Waals surface area contributed by atoms with Gasteiger partial charge in [-0.15, -0.1) is 0 Å². The van der Waals surface area contributed by atoms with Crippen LogP contribution in [0.1, 0.15) is 201 Å². The average Bonchev–Trinajstić information content (AvgIpc) is 3.43. The van der Waals surface area contributed by atoms with E-state index in [0.717, 1.165) is 135 Å². The van der Waals surface area contributed by atoms with E-state index in [1.165, 1.54) is 0 Å². The van der Waals surface area contributed by atoms with Crippen molar-refractivity contribution >= 4 is 25.7 Å². The van der Waals surface area contributed by atoms with Gasteiger partial charge in [0.1, 0.15) is 12.7 Å². The summed E-state index contributed by atoms with van der Waals surface area (Å²) in [6.07, 6.45) is 76.4. The third-order valence-corrected chi connectivity index (χ3v) is 12.4. The molecule has 0 aliphatic carbocycles. The number of esters is 3. The second-order valence-corrected chi connectivity index (χ2v) is 20.1. The maximum atomic E-state index is 12.9. The van der Waals surface area contributed by atoms with Crippen molar-refractivity contribution in [2.75, 3.05) is 26.4 Å². The highest BCUT2D eigenvalue weighted by Gasteiger charge is 2.28. The van der Waals surface area contributed by atoms with Crippen LogP contribution in [0.25, 0.3) is 0 Å². The fourth-order valence-corrected chi connectivity index (χ4v) is 7.86. The summed E-state index contributed by atoms with van der Waals surface area (Å²) in [5.41, 5.74) is 0. The molecule has 12 heteroatoms. The largest absolute Gasteiger partial charge is 0.472 e. The average molecular weight is 1100 g/mol. The first kappa shape index (κ1) is 73.1. The summed E-state index contributed by atoms with van der Waals surface area (Å²) in [4.78, 5) is 48.6. The van der Waals surface area contributed by atoms with Crippen LogP contribution < -0.4 is 0 Å². The van der Waals surface area contributed by atoms with Gasteiger partial charge in [-0.2, -0.15) is 0 Å². The molecule has 11 nitrogen and oxygen atoms in total. The number of unbranched alkanes of at least 4 members (excludes halogenated alkanes) is 9. The quantitative estimate of drug-likeness (QED) is 0.0197. The maximum Gasteiger partial charge on any atom is 0.472 e. The Hall–Kier alpha value is -4.90. The van der Waals surface area contributed by atoms with Crippen LogP contribution >= 0.6 is 7.82 Å². The van der Waals surface area contributed by atoms with Crippen LogP contribution in [0.5, 0.6) is 0 Å². The zero-order valence-electron chi connectivity index (χ0n) is 48.3. The SMILES string of the molecule is CC/C=C\C/C=C\C/C=C\C/C=C\C/C=C\CCCC(=O)OC(CO)COP(=O)(O)OCC(COC(=O)CCCC/C=C\C/C=C\C/C=C\C/C=C\CC)OC(=O)CCCCCCCC/C=C\C/C=C\C/C=C\C/C=C\CC. The molecule has 2 N–H and O–H groups in total. The molecular weight excluding hydrogens is 1000 g/mol. The molecule has 0 aliphatic heterocycles. The molecule has 3 unspecified atom stereocenters. The van der Waals surface area contributed by atoms with Crippen LogP contribution in [0.15, 0.2) is 158 Å². The third kappa shape index (κ3) is 55.8. The van der Waals surface area contributed by atoms with E-state index in [-0.39, 0.29) is 25.9 Å². The molecule has 0 heterocycles. The number of ether oxygens (including phenoxy) is 3. The maximum absolute atomic E-state index is 12.9. The van der Waals surface area contributed by atoms with E-state index in [4.69, 9.17) is 23.3 Å². The molecule has 0 saturated heterocycles. The van der Waals surface area contributed by atoms with Crippen molar-refractivity contribution in [1.29, 1.82) is 0 Å². The number of carbonyl (C=O) groups excluding carboxylic acids is 3. The van der Waals surface area contributed by atoms with Crippen LogP contribution in [-0.4, -0.2) is 66.5 Å². The molecule has 438 valence electrons. The van der Waals surface area contributed by atoms with E-state index in [9.17, 15) is 28.9 Å². The lowest BCUT2D eigenvalue weighted by molar-refractivity contribution is -0.161. The fraction of sp³-hybridized carbons (Fsp3) is 0.561. The molecule has 0 aromatic carbocycles. The number of hydrogen-bond donors (Lipinski definition) is 2. The summed E-state index contributed by atoms with van der Waals surface area (Å²) >= 11 is 0. The summed E-state index contributed by atoms with van der Waals surface area (Å²) in [5.74, 6) is -1.61. The number of phosphoric acid groups is 1. The number of hydrogen-bond acceptors (Lipinski definition) is 10. The van der Waals surface area contributed by atoms with Crippen molar-refractivity contribution in [2.45, 2.75) is 213 Å². The van der Waals surface area contributed by atoms with Gasteiger partial charge in [0, 0.05) is 19.3 Å². The van der Waals surface area contributed by atoms with Gasteiger partial charge in [-0.1, -0.05) is 204 Å². The molecule has 0 bridgehead atoms. The first-order chi connectivity index (χ1) is 38.2. The van der Waals surface area contributed by atoms with E-state index in [1.807, 2.05) is 12.2 Å². The minimum Gasteiger partial charge on any atom is -0.462 e. The van der Waals surface area contributed by atoms with Gasteiger partial charge < -0.3 is 24.2 Å². The summed E-state index contributed by atoms with van der Waals surface area (Å²) in [5, 5.41) is 9.82. The van der Waals surface area contributed by atoms with Crippen LogP contribution in [0.2, 0.25) is 0 Å². The number of allylic oxidation sites excluding steroid dienone is 26. The molecule has 0 fully saturated rings. The Morgan fingerprint density at radius 2 is 0.641 bits per heavy atom. The Morgan fingerprint density at radius 3 is 1.04 bits per heavy atom. The van der Waals surface area contributed by atoms with Crippen LogP contribution in [0.4, 0.5) is 0 Å². The van der Waals surface area contributed by atoms with Crippen LogP contribution in [-0.2, 0) is 42.2 Å².